The number of ether oxygens (including phenoxy) is 2. The summed E-state index contributed by atoms with van der Waals surface area (Å²) in [6, 6.07) is 19.1. The molecule has 3 unspecified atom stereocenters. The molecule has 2 aromatic carbocycles. The Balaban J connectivity index is 2.03. The molecule has 2 aromatic rings. The van der Waals surface area contributed by atoms with Gasteiger partial charge in [-0.1, -0.05) is 60.7 Å². The standard InChI is InChI=1S/C17H18O3/c1-13-12-19-17(20-13,15-10-6-3-7-11-15)16(18)14-8-4-2-5-9-14/h2-11,13,16,18H,12H2,1H3. The predicted octanol–water partition coefficient (Wildman–Crippen LogP) is 3.01. The van der Waals surface area contributed by atoms with E-state index >= 15 is 0 Å². The lowest BCUT2D eigenvalue weighted by molar-refractivity contribution is -0.239. The van der Waals surface area contributed by atoms with Gasteiger partial charge in [0.1, 0.15) is 6.10 Å². The first-order valence-electron chi connectivity index (χ1n) is 6.83. The fourth-order valence-corrected chi connectivity index (χ4v) is 2.59. The fraction of sp³-hybridized carbons (Fsp3) is 0.294. The van der Waals surface area contributed by atoms with E-state index in [2.05, 4.69) is 0 Å². The molecule has 3 heteroatoms. The van der Waals surface area contributed by atoms with Crippen molar-refractivity contribution < 1.29 is 14.6 Å². The molecule has 3 atom stereocenters. The van der Waals surface area contributed by atoms with Gasteiger partial charge in [-0.2, -0.15) is 0 Å². The maximum atomic E-state index is 10.8. The minimum Gasteiger partial charge on any atom is -0.382 e. The summed E-state index contributed by atoms with van der Waals surface area (Å²) < 4.78 is 11.9. The van der Waals surface area contributed by atoms with Crippen molar-refractivity contribution in [3.05, 3.63) is 71.8 Å². The summed E-state index contributed by atoms with van der Waals surface area (Å²) in [5.74, 6) is -1.12. The number of aliphatic hydroxyl groups is 1. The number of aliphatic hydroxyl groups excluding tert-OH is 1. The van der Waals surface area contributed by atoms with Crippen LogP contribution in [0.15, 0.2) is 60.7 Å². The highest BCUT2D eigenvalue weighted by atomic mass is 16.8. The molecule has 1 aliphatic rings. The highest BCUT2D eigenvalue weighted by Gasteiger charge is 2.48. The first-order chi connectivity index (χ1) is 9.72. The van der Waals surface area contributed by atoms with Crippen molar-refractivity contribution in [3.8, 4) is 0 Å². The van der Waals surface area contributed by atoms with E-state index in [4.69, 9.17) is 9.47 Å². The van der Waals surface area contributed by atoms with E-state index in [1.165, 1.54) is 0 Å². The maximum Gasteiger partial charge on any atom is 0.226 e. The van der Waals surface area contributed by atoms with Crippen LogP contribution in [-0.2, 0) is 15.3 Å². The van der Waals surface area contributed by atoms with Gasteiger partial charge >= 0.3 is 0 Å². The average Bonchev–Trinajstić information content (AvgIpc) is 2.92. The zero-order chi connectivity index (χ0) is 14.0. The summed E-state index contributed by atoms with van der Waals surface area (Å²) in [6.07, 6.45) is -0.912. The van der Waals surface area contributed by atoms with E-state index in [-0.39, 0.29) is 6.10 Å². The lowest BCUT2D eigenvalue weighted by atomic mass is 9.94. The molecule has 0 aliphatic carbocycles. The number of benzene rings is 2. The minimum absolute atomic E-state index is 0.0476. The molecule has 0 aromatic heterocycles. The van der Waals surface area contributed by atoms with Gasteiger partial charge in [0.2, 0.25) is 5.79 Å². The van der Waals surface area contributed by atoms with Crippen molar-refractivity contribution in [1.82, 2.24) is 0 Å². The van der Waals surface area contributed by atoms with Gasteiger partial charge in [-0.15, -0.1) is 0 Å². The van der Waals surface area contributed by atoms with Crippen molar-refractivity contribution in [2.45, 2.75) is 24.9 Å². The average molecular weight is 270 g/mol. The van der Waals surface area contributed by atoms with Gasteiger partial charge in [0.15, 0.2) is 0 Å². The molecule has 0 radical (unpaired) electrons. The molecular formula is C17H18O3. The van der Waals surface area contributed by atoms with Crippen molar-refractivity contribution in [2.24, 2.45) is 0 Å². The highest BCUT2D eigenvalue weighted by molar-refractivity contribution is 5.28. The Morgan fingerprint density at radius 3 is 2.20 bits per heavy atom. The third-order valence-electron chi connectivity index (χ3n) is 3.56. The molecule has 1 saturated heterocycles. The van der Waals surface area contributed by atoms with Gasteiger partial charge in [-0.05, 0) is 12.5 Å². The van der Waals surface area contributed by atoms with E-state index in [1.54, 1.807) is 0 Å². The first kappa shape index (κ1) is 13.3. The van der Waals surface area contributed by atoms with Crippen LogP contribution in [0.5, 0.6) is 0 Å². The van der Waals surface area contributed by atoms with Gasteiger partial charge in [0.25, 0.3) is 0 Å². The molecule has 3 rings (SSSR count). The van der Waals surface area contributed by atoms with Crippen LogP contribution in [0.1, 0.15) is 24.2 Å². The maximum absolute atomic E-state index is 10.8. The summed E-state index contributed by atoms with van der Waals surface area (Å²) in [6.45, 7) is 2.42. The topological polar surface area (TPSA) is 38.7 Å². The van der Waals surface area contributed by atoms with Crippen LogP contribution in [0, 0.1) is 0 Å². The molecule has 104 valence electrons. The van der Waals surface area contributed by atoms with Crippen molar-refractivity contribution >= 4 is 0 Å². The monoisotopic (exact) mass is 270 g/mol. The van der Waals surface area contributed by atoms with E-state index in [0.29, 0.717) is 6.61 Å². The number of hydrogen-bond donors (Lipinski definition) is 1. The molecule has 1 aliphatic heterocycles. The lowest BCUT2D eigenvalue weighted by Crippen LogP contribution is -2.35. The molecule has 3 nitrogen and oxygen atoms in total. The third kappa shape index (κ3) is 2.24. The normalized spacial score (nSPS) is 27.4. The Bertz CT molecular complexity index is 555. The second-order valence-corrected chi connectivity index (χ2v) is 5.09. The minimum atomic E-state index is -1.12. The SMILES string of the molecule is CC1COC(c2ccccc2)(C(O)c2ccccc2)O1. The summed E-state index contributed by atoms with van der Waals surface area (Å²) in [5, 5.41) is 10.8. The Morgan fingerprint density at radius 1 is 1.05 bits per heavy atom. The van der Waals surface area contributed by atoms with Crippen molar-refractivity contribution in [1.29, 1.82) is 0 Å². The van der Waals surface area contributed by atoms with Gasteiger partial charge < -0.3 is 14.6 Å². The van der Waals surface area contributed by atoms with E-state index in [0.717, 1.165) is 11.1 Å². The van der Waals surface area contributed by atoms with Crippen molar-refractivity contribution in [3.63, 3.8) is 0 Å². The molecule has 0 amide bonds. The van der Waals surface area contributed by atoms with Gasteiger partial charge in [-0.3, -0.25) is 0 Å². The highest BCUT2D eigenvalue weighted by Crippen LogP contribution is 2.44. The molecule has 0 bridgehead atoms. The van der Waals surface area contributed by atoms with E-state index < -0.39 is 11.9 Å². The van der Waals surface area contributed by atoms with Crippen LogP contribution in [0.3, 0.4) is 0 Å². The molecule has 0 spiro atoms. The van der Waals surface area contributed by atoms with Crippen LogP contribution in [0.4, 0.5) is 0 Å². The van der Waals surface area contributed by atoms with E-state index in [9.17, 15) is 5.11 Å². The first-order valence-corrected chi connectivity index (χ1v) is 6.83. The Morgan fingerprint density at radius 2 is 1.65 bits per heavy atom. The van der Waals surface area contributed by atoms with Crippen LogP contribution in [0.25, 0.3) is 0 Å². The Labute approximate surface area is 118 Å². The third-order valence-corrected chi connectivity index (χ3v) is 3.56. The lowest BCUT2D eigenvalue weighted by Gasteiger charge is -2.33. The molecular weight excluding hydrogens is 252 g/mol. The number of rotatable bonds is 3. The largest absolute Gasteiger partial charge is 0.382 e. The second kappa shape index (κ2) is 5.37. The summed E-state index contributed by atoms with van der Waals surface area (Å²) >= 11 is 0. The summed E-state index contributed by atoms with van der Waals surface area (Å²) in [4.78, 5) is 0. The van der Waals surface area contributed by atoms with Gasteiger partial charge in [0, 0.05) is 5.56 Å². The molecule has 20 heavy (non-hydrogen) atoms. The van der Waals surface area contributed by atoms with Gasteiger partial charge in [-0.25, -0.2) is 0 Å². The van der Waals surface area contributed by atoms with Crippen LogP contribution < -0.4 is 0 Å². The van der Waals surface area contributed by atoms with Crippen LogP contribution in [0.2, 0.25) is 0 Å². The molecule has 1 fully saturated rings. The quantitative estimate of drug-likeness (QED) is 0.931. The van der Waals surface area contributed by atoms with Crippen LogP contribution >= 0.6 is 0 Å². The zero-order valence-corrected chi connectivity index (χ0v) is 11.4. The Hall–Kier alpha value is -1.68. The second-order valence-electron chi connectivity index (χ2n) is 5.09. The van der Waals surface area contributed by atoms with Gasteiger partial charge in [0.05, 0.1) is 12.7 Å². The summed E-state index contributed by atoms with van der Waals surface area (Å²) in [7, 11) is 0. The molecule has 0 saturated carbocycles. The fourth-order valence-electron chi connectivity index (χ4n) is 2.59. The Kier molecular flexibility index (Phi) is 3.57. The number of hydrogen-bond acceptors (Lipinski definition) is 3. The smallest absolute Gasteiger partial charge is 0.226 e. The van der Waals surface area contributed by atoms with Crippen LogP contribution in [-0.4, -0.2) is 17.8 Å². The van der Waals surface area contributed by atoms with E-state index in [1.807, 2.05) is 67.6 Å². The zero-order valence-electron chi connectivity index (χ0n) is 11.4. The summed E-state index contributed by atoms with van der Waals surface area (Å²) in [5.41, 5.74) is 1.62. The molecule has 1 heterocycles. The predicted molar refractivity (Wildman–Crippen MR) is 76.0 cm³/mol. The molecule has 1 N–H and O–H groups in total. The van der Waals surface area contributed by atoms with Crippen molar-refractivity contribution in [2.75, 3.05) is 6.61 Å².